The van der Waals surface area contributed by atoms with E-state index in [-0.39, 0.29) is 0 Å². The van der Waals surface area contributed by atoms with Crippen LogP contribution >= 0.6 is 11.3 Å². The summed E-state index contributed by atoms with van der Waals surface area (Å²) >= 11 is 1.84. The zero-order valence-electron chi connectivity index (χ0n) is 12.8. The molecule has 0 aliphatic heterocycles. The molecular formula is C15H24N4S. The van der Waals surface area contributed by atoms with Crippen LogP contribution in [0.5, 0.6) is 0 Å². The van der Waals surface area contributed by atoms with E-state index in [0.717, 1.165) is 19.5 Å². The van der Waals surface area contributed by atoms with Crippen molar-refractivity contribution in [2.24, 2.45) is 0 Å². The number of hydrogen-bond donors (Lipinski definition) is 1. The molecule has 110 valence electrons. The fraction of sp³-hybridized carbons (Fsp3) is 0.600. The molecule has 0 spiro atoms. The van der Waals surface area contributed by atoms with Crippen molar-refractivity contribution in [3.63, 3.8) is 0 Å². The third-order valence-electron chi connectivity index (χ3n) is 3.34. The number of rotatable bonds is 7. The van der Waals surface area contributed by atoms with E-state index in [4.69, 9.17) is 0 Å². The molecule has 2 heterocycles. The Labute approximate surface area is 125 Å². The molecule has 5 heteroatoms. The minimum Gasteiger partial charge on any atom is -0.337 e. The largest absolute Gasteiger partial charge is 0.337 e. The van der Waals surface area contributed by atoms with E-state index >= 15 is 0 Å². The lowest BCUT2D eigenvalue weighted by molar-refractivity contribution is 0.529. The highest BCUT2D eigenvalue weighted by Crippen LogP contribution is 2.29. The molecule has 1 unspecified atom stereocenters. The Hall–Kier alpha value is -1.20. The monoisotopic (exact) mass is 292 g/mol. The zero-order chi connectivity index (χ0) is 14.5. The van der Waals surface area contributed by atoms with Gasteiger partial charge in [-0.2, -0.15) is 0 Å². The molecule has 4 nitrogen and oxygen atoms in total. The van der Waals surface area contributed by atoms with Gasteiger partial charge in [0.2, 0.25) is 0 Å². The normalized spacial score (nSPS) is 13.1. The van der Waals surface area contributed by atoms with E-state index in [9.17, 15) is 0 Å². The molecule has 0 saturated carbocycles. The van der Waals surface area contributed by atoms with Crippen LogP contribution in [0.25, 0.3) is 0 Å². The van der Waals surface area contributed by atoms with Crippen LogP contribution in [0.4, 0.5) is 0 Å². The Balaban J connectivity index is 1.80. The Kier molecular flexibility index (Phi) is 5.31. The summed E-state index contributed by atoms with van der Waals surface area (Å²) in [7, 11) is 0. The van der Waals surface area contributed by atoms with Gasteiger partial charge in [-0.15, -0.1) is 11.3 Å². The van der Waals surface area contributed by atoms with E-state index in [1.807, 2.05) is 30.1 Å². The Bertz CT molecular complexity index is 516. The molecule has 1 N–H and O–H groups in total. The molecule has 0 saturated heterocycles. The molecule has 0 aromatic carbocycles. The number of imidazole rings is 1. The highest BCUT2D eigenvalue weighted by molar-refractivity contribution is 7.11. The minimum absolute atomic E-state index is 0.378. The van der Waals surface area contributed by atoms with Crippen molar-refractivity contribution in [3.05, 3.63) is 34.3 Å². The van der Waals surface area contributed by atoms with Crippen molar-refractivity contribution in [2.75, 3.05) is 6.54 Å². The number of thiazole rings is 1. The molecule has 0 radical (unpaired) electrons. The first-order chi connectivity index (χ1) is 9.58. The first-order valence-electron chi connectivity index (χ1n) is 7.24. The Morgan fingerprint density at radius 2 is 2.15 bits per heavy atom. The lowest BCUT2D eigenvalue weighted by Gasteiger charge is -2.12. The van der Waals surface area contributed by atoms with Gasteiger partial charge < -0.3 is 9.88 Å². The van der Waals surface area contributed by atoms with Crippen LogP contribution < -0.4 is 5.32 Å². The number of hydrogen-bond acceptors (Lipinski definition) is 4. The SMILES string of the molecule is Cc1nc(C(C)C)sc1C(C)NCCCn1ccnc1. The summed E-state index contributed by atoms with van der Waals surface area (Å²) in [6, 6.07) is 0.378. The van der Waals surface area contributed by atoms with Gasteiger partial charge in [0, 0.05) is 35.8 Å². The number of nitrogens with one attached hydrogen (secondary N) is 1. The van der Waals surface area contributed by atoms with Crippen LogP contribution in [0.2, 0.25) is 0 Å². The molecule has 0 bridgehead atoms. The van der Waals surface area contributed by atoms with Crippen molar-refractivity contribution >= 4 is 11.3 Å². The third kappa shape index (κ3) is 3.90. The highest BCUT2D eigenvalue weighted by atomic mass is 32.1. The molecule has 20 heavy (non-hydrogen) atoms. The van der Waals surface area contributed by atoms with Gasteiger partial charge >= 0.3 is 0 Å². The van der Waals surface area contributed by atoms with Crippen LogP contribution in [0.1, 0.15) is 54.7 Å². The predicted octanol–water partition coefficient (Wildman–Crippen LogP) is 3.51. The maximum absolute atomic E-state index is 4.67. The average molecular weight is 292 g/mol. The van der Waals surface area contributed by atoms with Crippen molar-refractivity contribution in [1.82, 2.24) is 19.9 Å². The quantitative estimate of drug-likeness (QED) is 0.794. The van der Waals surface area contributed by atoms with Crippen molar-refractivity contribution in [1.29, 1.82) is 0 Å². The fourth-order valence-electron chi connectivity index (χ4n) is 2.17. The van der Waals surface area contributed by atoms with Gasteiger partial charge in [0.05, 0.1) is 17.0 Å². The molecule has 0 fully saturated rings. The fourth-order valence-corrected chi connectivity index (χ4v) is 3.27. The van der Waals surface area contributed by atoms with Crippen LogP contribution in [0.15, 0.2) is 18.7 Å². The second-order valence-electron chi connectivity index (χ2n) is 5.49. The lowest BCUT2D eigenvalue weighted by atomic mass is 10.2. The van der Waals surface area contributed by atoms with Gasteiger partial charge in [-0.25, -0.2) is 9.97 Å². The number of aromatic nitrogens is 3. The van der Waals surface area contributed by atoms with Gasteiger partial charge in [0.15, 0.2) is 0 Å². The summed E-state index contributed by atoms with van der Waals surface area (Å²) < 4.78 is 2.11. The van der Waals surface area contributed by atoms with E-state index in [1.165, 1.54) is 15.6 Å². The smallest absolute Gasteiger partial charge is 0.0956 e. The van der Waals surface area contributed by atoms with E-state index in [2.05, 4.69) is 47.5 Å². The van der Waals surface area contributed by atoms with Gasteiger partial charge in [0.25, 0.3) is 0 Å². The molecule has 1 atom stereocenters. The number of aryl methyl sites for hydroxylation is 2. The topological polar surface area (TPSA) is 42.7 Å². The van der Waals surface area contributed by atoms with Gasteiger partial charge in [0.1, 0.15) is 0 Å². The molecule has 2 aromatic rings. The molecule has 0 aliphatic rings. The number of nitrogens with zero attached hydrogens (tertiary/aromatic N) is 3. The highest BCUT2D eigenvalue weighted by Gasteiger charge is 2.15. The molecule has 0 amide bonds. The van der Waals surface area contributed by atoms with Gasteiger partial charge in [-0.05, 0) is 26.8 Å². The predicted molar refractivity (Wildman–Crippen MR) is 84.2 cm³/mol. The summed E-state index contributed by atoms with van der Waals surface area (Å²) in [5.41, 5.74) is 1.17. The summed E-state index contributed by atoms with van der Waals surface area (Å²) in [6.45, 7) is 10.8. The summed E-state index contributed by atoms with van der Waals surface area (Å²) in [4.78, 5) is 10.1. The Morgan fingerprint density at radius 1 is 1.35 bits per heavy atom. The van der Waals surface area contributed by atoms with Crippen molar-refractivity contribution in [3.8, 4) is 0 Å². The first kappa shape index (κ1) is 15.2. The molecule has 2 aromatic heterocycles. The summed E-state index contributed by atoms with van der Waals surface area (Å²) in [5, 5.41) is 4.83. The second-order valence-corrected chi connectivity index (χ2v) is 6.55. The van der Waals surface area contributed by atoms with Gasteiger partial charge in [-0.1, -0.05) is 13.8 Å². The average Bonchev–Trinajstić information content (AvgIpc) is 3.03. The first-order valence-corrected chi connectivity index (χ1v) is 8.06. The van der Waals surface area contributed by atoms with Gasteiger partial charge in [-0.3, -0.25) is 0 Å². The van der Waals surface area contributed by atoms with Crippen LogP contribution in [0.3, 0.4) is 0 Å². The molecule has 0 aliphatic carbocycles. The zero-order valence-corrected chi connectivity index (χ0v) is 13.6. The van der Waals surface area contributed by atoms with Crippen molar-refractivity contribution in [2.45, 2.75) is 52.6 Å². The standard InChI is InChI=1S/C15H24N4S/c1-11(2)15-18-13(4)14(20-15)12(3)17-6-5-8-19-9-7-16-10-19/h7,9-12,17H,5-6,8H2,1-4H3. The van der Waals surface area contributed by atoms with E-state index in [0.29, 0.717) is 12.0 Å². The minimum atomic E-state index is 0.378. The molecule has 2 rings (SSSR count). The maximum Gasteiger partial charge on any atom is 0.0956 e. The van der Waals surface area contributed by atoms with Crippen LogP contribution in [-0.4, -0.2) is 21.1 Å². The van der Waals surface area contributed by atoms with Crippen molar-refractivity contribution < 1.29 is 0 Å². The van der Waals surface area contributed by atoms with Crippen LogP contribution in [0, 0.1) is 6.92 Å². The lowest BCUT2D eigenvalue weighted by Crippen LogP contribution is -2.20. The van der Waals surface area contributed by atoms with Crippen LogP contribution in [-0.2, 0) is 6.54 Å². The second kappa shape index (κ2) is 6.99. The maximum atomic E-state index is 4.67. The van der Waals surface area contributed by atoms with E-state index in [1.54, 1.807) is 0 Å². The third-order valence-corrected chi connectivity index (χ3v) is 4.98. The Morgan fingerprint density at radius 3 is 2.75 bits per heavy atom. The summed E-state index contributed by atoms with van der Waals surface area (Å²) in [5.74, 6) is 0.515. The van der Waals surface area contributed by atoms with E-state index < -0.39 is 0 Å². The molecular weight excluding hydrogens is 268 g/mol. The summed E-state index contributed by atoms with van der Waals surface area (Å²) in [6.07, 6.45) is 6.80.